The fourth-order valence-electron chi connectivity index (χ4n) is 1.54. The average Bonchev–Trinajstić information content (AvgIpc) is 2.25. The van der Waals surface area contributed by atoms with E-state index in [0.717, 1.165) is 4.90 Å². The van der Waals surface area contributed by atoms with Crippen LogP contribution in [0.15, 0.2) is 0 Å². The van der Waals surface area contributed by atoms with E-state index in [1.165, 1.54) is 7.05 Å². The van der Waals surface area contributed by atoms with Gasteiger partial charge in [0.15, 0.2) is 0 Å². The number of rotatable bonds is 8. The van der Waals surface area contributed by atoms with Gasteiger partial charge in [-0.25, -0.2) is 0 Å². The number of hydrogen-bond acceptors (Lipinski definition) is 1. The molecule has 0 heterocycles. The Balaban J connectivity index is 4.06. The number of alkyl halides is 10. The van der Waals surface area contributed by atoms with Crippen molar-refractivity contribution in [3.8, 4) is 0 Å². The maximum absolute atomic E-state index is 12.6. The monoisotopic (exact) mass is 351 g/mol. The van der Waals surface area contributed by atoms with E-state index in [2.05, 4.69) is 0 Å². The van der Waals surface area contributed by atoms with Crippen molar-refractivity contribution in [1.29, 1.82) is 0 Å². The van der Waals surface area contributed by atoms with Crippen molar-refractivity contribution >= 4 is 0 Å². The van der Waals surface area contributed by atoms with Crippen molar-refractivity contribution in [2.75, 3.05) is 20.1 Å². The zero-order valence-electron chi connectivity index (χ0n) is 11.5. The lowest BCUT2D eigenvalue weighted by Gasteiger charge is -2.23. The van der Waals surface area contributed by atoms with Crippen molar-refractivity contribution in [1.82, 2.24) is 4.90 Å². The summed E-state index contributed by atoms with van der Waals surface area (Å²) < 4.78 is 121. The normalized spacial score (nSPS) is 14.7. The van der Waals surface area contributed by atoms with Crippen LogP contribution in [0.1, 0.15) is 25.7 Å². The third-order valence-electron chi connectivity index (χ3n) is 2.89. The van der Waals surface area contributed by atoms with Crippen molar-refractivity contribution in [3.05, 3.63) is 0 Å². The minimum atomic E-state index is -5.67. The predicted octanol–water partition coefficient (Wildman–Crippen LogP) is 4.87. The van der Waals surface area contributed by atoms with Gasteiger partial charge in [0.05, 0.1) is 0 Å². The summed E-state index contributed by atoms with van der Waals surface area (Å²) in [5.74, 6) is -9.70. The van der Waals surface area contributed by atoms with Crippen LogP contribution >= 0.6 is 0 Å². The Bertz CT molecular complexity index is 301. The SMILES string of the molecule is CN(CCCC(F)(F)C(F)(F)F)CCCC(F)(F)C(F)(F)F. The second kappa shape index (κ2) is 7.22. The van der Waals surface area contributed by atoms with Gasteiger partial charge in [-0.05, 0) is 33.0 Å². The van der Waals surface area contributed by atoms with Gasteiger partial charge in [-0.1, -0.05) is 0 Å². The van der Waals surface area contributed by atoms with Crippen molar-refractivity contribution in [2.24, 2.45) is 0 Å². The second-order valence-electron chi connectivity index (χ2n) is 4.91. The predicted molar refractivity (Wildman–Crippen MR) is 58.0 cm³/mol. The van der Waals surface area contributed by atoms with Gasteiger partial charge in [0.1, 0.15) is 0 Å². The van der Waals surface area contributed by atoms with E-state index < -0.39 is 49.9 Å². The lowest BCUT2D eigenvalue weighted by atomic mass is 10.1. The standard InChI is InChI=1S/C11H15F10N/c1-22(6-2-4-8(12,13)10(16,17)18)7-3-5-9(14,15)11(19,20)21/h2-7H2,1H3. The zero-order chi connectivity index (χ0) is 17.8. The van der Waals surface area contributed by atoms with Crippen LogP contribution in [0.5, 0.6) is 0 Å². The Labute approximate surface area is 120 Å². The van der Waals surface area contributed by atoms with Crippen LogP contribution in [0.2, 0.25) is 0 Å². The molecule has 0 aromatic heterocycles. The van der Waals surface area contributed by atoms with Gasteiger partial charge >= 0.3 is 24.2 Å². The average molecular weight is 351 g/mol. The first-order valence-corrected chi connectivity index (χ1v) is 6.18. The molecule has 0 bridgehead atoms. The summed E-state index contributed by atoms with van der Waals surface area (Å²) in [7, 11) is 1.23. The molecule has 0 aromatic carbocycles. The molecule has 0 spiro atoms. The summed E-state index contributed by atoms with van der Waals surface area (Å²) in [4.78, 5) is 1.12. The summed E-state index contributed by atoms with van der Waals surface area (Å²) in [6, 6.07) is 0. The third kappa shape index (κ3) is 6.57. The van der Waals surface area contributed by atoms with Crippen LogP contribution in [-0.4, -0.2) is 49.2 Å². The smallest absolute Gasteiger partial charge is 0.306 e. The molecule has 0 fully saturated rings. The highest BCUT2D eigenvalue weighted by atomic mass is 19.4. The third-order valence-corrected chi connectivity index (χ3v) is 2.89. The quantitative estimate of drug-likeness (QED) is 0.564. The van der Waals surface area contributed by atoms with Crippen LogP contribution in [-0.2, 0) is 0 Å². The minimum absolute atomic E-state index is 0.275. The first-order chi connectivity index (χ1) is 9.60. The molecule has 0 unspecified atom stereocenters. The summed E-state index contributed by atoms with van der Waals surface area (Å²) in [6.45, 7) is -0.549. The van der Waals surface area contributed by atoms with Crippen molar-refractivity contribution in [3.63, 3.8) is 0 Å². The van der Waals surface area contributed by atoms with Gasteiger partial charge in [0.25, 0.3) is 0 Å². The lowest BCUT2D eigenvalue weighted by Crippen LogP contribution is -2.38. The van der Waals surface area contributed by atoms with E-state index in [-0.39, 0.29) is 13.1 Å². The lowest BCUT2D eigenvalue weighted by molar-refractivity contribution is -0.285. The second-order valence-corrected chi connectivity index (χ2v) is 4.91. The molecule has 0 aliphatic rings. The molecule has 0 radical (unpaired) electrons. The first-order valence-electron chi connectivity index (χ1n) is 6.18. The fraction of sp³-hybridized carbons (Fsp3) is 1.00. The summed E-state index contributed by atoms with van der Waals surface area (Å²) in [5.41, 5.74) is 0. The van der Waals surface area contributed by atoms with Crippen LogP contribution in [0.4, 0.5) is 43.9 Å². The van der Waals surface area contributed by atoms with Gasteiger partial charge in [0, 0.05) is 12.8 Å². The fourth-order valence-corrected chi connectivity index (χ4v) is 1.54. The zero-order valence-corrected chi connectivity index (χ0v) is 11.5. The molecule has 0 saturated heterocycles. The maximum Gasteiger partial charge on any atom is 0.453 e. The highest BCUT2D eigenvalue weighted by molar-refractivity contribution is 4.77. The molecular weight excluding hydrogens is 336 g/mol. The topological polar surface area (TPSA) is 3.24 Å². The maximum atomic E-state index is 12.6. The van der Waals surface area contributed by atoms with E-state index in [4.69, 9.17) is 0 Å². The van der Waals surface area contributed by atoms with Gasteiger partial charge in [-0.3, -0.25) is 0 Å². The molecule has 11 heteroatoms. The van der Waals surface area contributed by atoms with Gasteiger partial charge in [-0.15, -0.1) is 0 Å². The Morgan fingerprint density at radius 1 is 0.591 bits per heavy atom. The highest BCUT2D eigenvalue weighted by Crippen LogP contribution is 2.39. The largest absolute Gasteiger partial charge is 0.453 e. The first kappa shape index (κ1) is 21.3. The van der Waals surface area contributed by atoms with Crippen molar-refractivity contribution < 1.29 is 43.9 Å². The number of halogens is 10. The van der Waals surface area contributed by atoms with E-state index in [1.807, 2.05) is 0 Å². The Hall–Kier alpha value is -0.740. The van der Waals surface area contributed by atoms with E-state index in [0.29, 0.717) is 0 Å². The van der Waals surface area contributed by atoms with Gasteiger partial charge in [-0.2, -0.15) is 43.9 Å². The van der Waals surface area contributed by atoms with Crippen LogP contribution < -0.4 is 0 Å². The Kier molecular flexibility index (Phi) is 6.98. The van der Waals surface area contributed by atoms with E-state index in [1.54, 1.807) is 0 Å². The van der Waals surface area contributed by atoms with Crippen LogP contribution in [0.25, 0.3) is 0 Å². The molecule has 0 amide bonds. The van der Waals surface area contributed by atoms with E-state index >= 15 is 0 Å². The molecule has 0 aliphatic heterocycles. The highest BCUT2D eigenvalue weighted by Gasteiger charge is 2.57. The van der Waals surface area contributed by atoms with Gasteiger partial charge < -0.3 is 4.90 Å². The molecule has 0 aromatic rings. The van der Waals surface area contributed by atoms with E-state index in [9.17, 15) is 43.9 Å². The Morgan fingerprint density at radius 2 is 0.864 bits per heavy atom. The summed E-state index contributed by atoms with van der Waals surface area (Å²) in [5, 5.41) is 0. The Morgan fingerprint density at radius 3 is 1.09 bits per heavy atom. The molecule has 1 nitrogen and oxygen atoms in total. The molecular formula is C11H15F10N. The molecule has 0 saturated carbocycles. The molecule has 0 atom stereocenters. The molecule has 0 aliphatic carbocycles. The molecule has 22 heavy (non-hydrogen) atoms. The summed E-state index contributed by atoms with van der Waals surface area (Å²) in [6.07, 6.45) is -15.4. The van der Waals surface area contributed by atoms with Crippen LogP contribution in [0, 0.1) is 0 Å². The minimum Gasteiger partial charge on any atom is -0.306 e. The van der Waals surface area contributed by atoms with Crippen molar-refractivity contribution in [2.45, 2.75) is 49.9 Å². The summed E-state index contributed by atoms with van der Waals surface area (Å²) >= 11 is 0. The van der Waals surface area contributed by atoms with Gasteiger partial charge in [0.2, 0.25) is 0 Å². The molecule has 0 N–H and O–H groups in total. The number of nitrogens with zero attached hydrogens (tertiary/aromatic N) is 1. The van der Waals surface area contributed by atoms with Crippen LogP contribution in [0.3, 0.4) is 0 Å². The molecule has 0 rings (SSSR count). The molecule has 134 valence electrons. The number of hydrogen-bond donors (Lipinski definition) is 0.